The largest absolute Gasteiger partial charge is 0.454 e. The van der Waals surface area contributed by atoms with E-state index < -0.39 is 17.8 Å². The van der Waals surface area contributed by atoms with E-state index in [0.29, 0.717) is 22.6 Å². The van der Waals surface area contributed by atoms with Gasteiger partial charge in [-0.05, 0) is 29.8 Å². The summed E-state index contributed by atoms with van der Waals surface area (Å²) in [6, 6.07) is 14.6. The lowest BCUT2D eigenvalue weighted by Gasteiger charge is -2.03. The van der Waals surface area contributed by atoms with Crippen LogP contribution in [-0.2, 0) is 6.18 Å². The normalized spacial score (nSPS) is 12.9. The van der Waals surface area contributed by atoms with Gasteiger partial charge in [-0.2, -0.15) is 23.4 Å². The van der Waals surface area contributed by atoms with Crippen LogP contribution in [0.1, 0.15) is 21.7 Å². The number of hydrazone groups is 1. The summed E-state index contributed by atoms with van der Waals surface area (Å²) in [7, 11) is 0. The molecule has 1 aliphatic rings. The van der Waals surface area contributed by atoms with Crippen LogP contribution in [0.15, 0.2) is 65.1 Å². The molecule has 0 bridgehead atoms. The topological polar surface area (TPSA) is 90.6 Å². The lowest BCUT2D eigenvalue weighted by molar-refractivity contribution is -0.141. The number of amides is 1. The van der Waals surface area contributed by atoms with Gasteiger partial charge in [0.15, 0.2) is 17.2 Å². The SMILES string of the molecule is O=C(NN=Cc1ccc2c(c1)OCO2)c1csc(-n2nc(C(F)(F)F)cc2-c2ccccc2)n1. The fourth-order valence-corrected chi connectivity index (χ4v) is 3.93. The Labute approximate surface area is 194 Å². The lowest BCUT2D eigenvalue weighted by atomic mass is 10.1. The van der Waals surface area contributed by atoms with Crippen molar-refractivity contribution in [3.05, 3.63) is 76.9 Å². The van der Waals surface area contributed by atoms with Gasteiger partial charge in [0.1, 0.15) is 5.69 Å². The number of ether oxygens (including phenoxy) is 2. The Kier molecular flexibility index (Phi) is 5.49. The molecule has 4 aromatic rings. The zero-order valence-corrected chi connectivity index (χ0v) is 17.9. The molecule has 3 heterocycles. The maximum absolute atomic E-state index is 13.3. The molecule has 1 aliphatic heterocycles. The summed E-state index contributed by atoms with van der Waals surface area (Å²) in [4.78, 5) is 16.6. The Morgan fingerprint density at radius 3 is 2.71 bits per heavy atom. The van der Waals surface area contributed by atoms with Gasteiger partial charge >= 0.3 is 6.18 Å². The first-order chi connectivity index (χ1) is 16.4. The van der Waals surface area contributed by atoms with Crippen molar-refractivity contribution >= 4 is 23.5 Å². The second kappa shape index (κ2) is 8.63. The molecule has 172 valence electrons. The molecule has 2 aromatic carbocycles. The van der Waals surface area contributed by atoms with Crippen LogP contribution >= 0.6 is 11.3 Å². The van der Waals surface area contributed by atoms with Crippen LogP contribution in [0.5, 0.6) is 11.5 Å². The second-order valence-corrected chi connectivity index (χ2v) is 7.85. The highest BCUT2D eigenvalue weighted by Gasteiger charge is 2.35. The number of aromatic nitrogens is 3. The Morgan fingerprint density at radius 2 is 1.91 bits per heavy atom. The van der Waals surface area contributed by atoms with Crippen molar-refractivity contribution in [2.45, 2.75) is 6.18 Å². The standard InChI is InChI=1S/C22H14F3N5O3S/c23-22(24,25)19-9-16(14-4-2-1-3-5-14)30(29-19)21-27-15(11-34-21)20(31)28-26-10-13-6-7-17-18(8-13)33-12-32-17/h1-11H,12H2,(H,28,31). The van der Waals surface area contributed by atoms with E-state index in [1.807, 2.05) is 0 Å². The molecule has 0 aliphatic carbocycles. The van der Waals surface area contributed by atoms with Crippen molar-refractivity contribution in [2.75, 3.05) is 6.79 Å². The molecule has 1 amide bonds. The van der Waals surface area contributed by atoms with Gasteiger partial charge in [-0.25, -0.2) is 15.1 Å². The minimum atomic E-state index is -4.63. The summed E-state index contributed by atoms with van der Waals surface area (Å²) in [5, 5.41) is 9.12. The molecular weight excluding hydrogens is 471 g/mol. The molecule has 0 saturated carbocycles. The molecule has 0 unspecified atom stereocenters. The Balaban J connectivity index is 1.36. The zero-order chi connectivity index (χ0) is 23.7. The number of benzene rings is 2. The van der Waals surface area contributed by atoms with E-state index in [1.165, 1.54) is 11.6 Å². The van der Waals surface area contributed by atoms with Gasteiger partial charge in [-0.1, -0.05) is 30.3 Å². The maximum Gasteiger partial charge on any atom is 0.435 e. The number of nitrogens with one attached hydrogen (secondary N) is 1. The number of alkyl halides is 3. The molecule has 0 radical (unpaired) electrons. The van der Waals surface area contributed by atoms with Gasteiger partial charge in [0.2, 0.25) is 11.9 Å². The van der Waals surface area contributed by atoms with E-state index in [-0.39, 0.29) is 23.3 Å². The lowest BCUT2D eigenvalue weighted by Crippen LogP contribution is -2.18. The third kappa shape index (κ3) is 4.35. The predicted octanol–water partition coefficient (Wildman–Crippen LogP) is 4.51. The van der Waals surface area contributed by atoms with E-state index >= 15 is 0 Å². The Bertz CT molecular complexity index is 1380. The van der Waals surface area contributed by atoms with E-state index in [2.05, 4.69) is 20.6 Å². The highest BCUT2D eigenvalue weighted by Crippen LogP contribution is 2.34. The van der Waals surface area contributed by atoms with Crippen LogP contribution < -0.4 is 14.9 Å². The molecule has 0 saturated heterocycles. The molecule has 0 atom stereocenters. The van der Waals surface area contributed by atoms with Crippen molar-refractivity contribution in [1.29, 1.82) is 0 Å². The van der Waals surface area contributed by atoms with Gasteiger partial charge < -0.3 is 9.47 Å². The van der Waals surface area contributed by atoms with Crippen LogP contribution in [0, 0.1) is 0 Å². The van der Waals surface area contributed by atoms with E-state index in [4.69, 9.17) is 9.47 Å². The minimum absolute atomic E-state index is 0.00842. The first-order valence-electron chi connectivity index (χ1n) is 9.80. The van der Waals surface area contributed by atoms with Gasteiger partial charge in [0.25, 0.3) is 5.91 Å². The fourth-order valence-electron chi connectivity index (χ4n) is 3.16. The number of hydrogen-bond donors (Lipinski definition) is 1. The van der Waals surface area contributed by atoms with Gasteiger partial charge in [-0.15, -0.1) is 11.3 Å². The summed E-state index contributed by atoms with van der Waals surface area (Å²) < 4.78 is 51.5. The first-order valence-corrected chi connectivity index (χ1v) is 10.7. The summed E-state index contributed by atoms with van der Waals surface area (Å²) in [5.41, 5.74) is 2.69. The van der Waals surface area contributed by atoms with Crippen LogP contribution in [0.2, 0.25) is 0 Å². The van der Waals surface area contributed by atoms with Crippen molar-refractivity contribution in [2.24, 2.45) is 5.10 Å². The van der Waals surface area contributed by atoms with Crippen LogP contribution in [0.3, 0.4) is 0 Å². The molecule has 34 heavy (non-hydrogen) atoms. The zero-order valence-electron chi connectivity index (χ0n) is 17.1. The minimum Gasteiger partial charge on any atom is -0.454 e. The van der Waals surface area contributed by atoms with E-state index in [1.54, 1.807) is 48.5 Å². The number of hydrogen-bond acceptors (Lipinski definition) is 7. The summed E-state index contributed by atoms with van der Waals surface area (Å²) in [5.74, 6) is 0.577. The third-order valence-electron chi connectivity index (χ3n) is 4.75. The third-order valence-corrected chi connectivity index (χ3v) is 5.57. The second-order valence-electron chi connectivity index (χ2n) is 7.02. The summed E-state index contributed by atoms with van der Waals surface area (Å²) in [6.45, 7) is 0.144. The van der Waals surface area contributed by atoms with Crippen molar-refractivity contribution in [3.63, 3.8) is 0 Å². The quantitative estimate of drug-likeness (QED) is 0.332. The number of rotatable bonds is 5. The molecule has 0 spiro atoms. The van der Waals surface area contributed by atoms with Crippen LogP contribution in [-0.4, -0.2) is 33.7 Å². The molecule has 1 N–H and O–H groups in total. The number of fused-ring (bicyclic) bond motifs is 1. The Morgan fingerprint density at radius 1 is 1.12 bits per heavy atom. The van der Waals surface area contributed by atoms with Crippen molar-refractivity contribution in [3.8, 4) is 27.9 Å². The average Bonchev–Trinajstić information content (AvgIpc) is 3.57. The van der Waals surface area contributed by atoms with E-state index in [0.717, 1.165) is 22.1 Å². The fraction of sp³-hybridized carbons (Fsp3) is 0.0909. The first kappa shape index (κ1) is 21.6. The predicted molar refractivity (Wildman–Crippen MR) is 117 cm³/mol. The maximum atomic E-state index is 13.3. The van der Waals surface area contributed by atoms with Gasteiger partial charge in [0.05, 0.1) is 11.9 Å². The monoisotopic (exact) mass is 485 g/mol. The highest BCUT2D eigenvalue weighted by atomic mass is 32.1. The van der Waals surface area contributed by atoms with Crippen molar-refractivity contribution < 1.29 is 27.4 Å². The molecule has 12 heteroatoms. The molecule has 8 nitrogen and oxygen atoms in total. The molecule has 5 rings (SSSR count). The number of thiazole rings is 1. The van der Waals surface area contributed by atoms with Crippen molar-refractivity contribution in [1.82, 2.24) is 20.2 Å². The number of nitrogens with zero attached hydrogens (tertiary/aromatic N) is 4. The smallest absolute Gasteiger partial charge is 0.435 e. The average molecular weight is 485 g/mol. The molecule has 0 fully saturated rings. The van der Waals surface area contributed by atoms with Gasteiger partial charge in [0, 0.05) is 10.9 Å². The van der Waals surface area contributed by atoms with Gasteiger partial charge in [-0.3, -0.25) is 4.79 Å². The van der Waals surface area contributed by atoms with E-state index in [9.17, 15) is 18.0 Å². The van der Waals surface area contributed by atoms with Crippen LogP contribution in [0.4, 0.5) is 13.2 Å². The summed E-state index contributed by atoms with van der Waals surface area (Å²) in [6.07, 6.45) is -3.21. The van der Waals surface area contributed by atoms with Crippen LogP contribution in [0.25, 0.3) is 16.4 Å². The Hall–Kier alpha value is -4.19. The highest BCUT2D eigenvalue weighted by molar-refractivity contribution is 7.12. The molecular formula is C22H14F3N5O3S. The summed E-state index contributed by atoms with van der Waals surface area (Å²) >= 11 is 0.986. The number of carbonyl (C=O) groups excluding carboxylic acids is 1. The number of carbonyl (C=O) groups is 1. The molecule has 2 aromatic heterocycles. The number of halogens is 3.